The lowest BCUT2D eigenvalue weighted by atomic mass is 9.98. The van der Waals surface area contributed by atoms with Crippen molar-refractivity contribution in [2.75, 3.05) is 36.1 Å². The number of ether oxygens (including phenoxy) is 1. The Balaban J connectivity index is 1.54. The predicted molar refractivity (Wildman–Crippen MR) is 117 cm³/mol. The van der Waals surface area contributed by atoms with Crippen LogP contribution in [0.1, 0.15) is 43.5 Å². The minimum Gasteiger partial charge on any atom is -0.464 e. The maximum atomic E-state index is 13.3. The smallest absolute Gasteiger partial charge is 0.329 e. The van der Waals surface area contributed by atoms with E-state index in [1.807, 2.05) is 13.0 Å². The second-order valence-electron chi connectivity index (χ2n) is 8.10. The van der Waals surface area contributed by atoms with E-state index in [9.17, 15) is 19.2 Å². The molecule has 3 aliphatic rings. The van der Waals surface area contributed by atoms with Gasteiger partial charge in [0.15, 0.2) is 0 Å². The number of benzene rings is 1. The van der Waals surface area contributed by atoms with Crippen LogP contribution in [0.25, 0.3) is 0 Å². The molecule has 2 fully saturated rings. The fraction of sp³-hybridized carbons (Fsp3) is 0.545. The summed E-state index contributed by atoms with van der Waals surface area (Å²) in [6.07, 6.45) is 0.967. The van der Waals surface area contributed by atoms with Crippen LogP contribution in [0.3, 0.4) is 0 Å². The van der Waals surface area contributed by atoms with E-state index < -0.39 is 11.7 Å². The zero-order valence-electron chi connectivity index (χ0n) is 17.8. The van der Waals surface area contributed by atoms with Crippen molar-refractivity contribution in [2.24, 2.45) is 0 Å². The highest BCUT2D eigenvalue weighted by Gasteiger charge is 2.53. The van der Waals surface area contributed by atoms with Crippen molar-refractivity contribution in [1.82, 2.24) is 9.80 Å². The summed E-state index contributed by atoms with van der Waals surface area (Å²) in [4.78, 5) is 56.3. The maximum Gasteiger partial charge on any atom is 0.329 e. The number of para-hydroxylation sites is 1. The third kappa shape index (κ3) is 3.69. The average Bonchev–Trinajstić information content (AvgIpc) is 3.08. The lowest BCUT2D eigenvalue weighted by molar-refractivity contribution is -0.154. The summed E-state index contributed by atoms with van der Waals surface area (Å²) in [5.74, 6) is 0.523. The molecule has 1 aromatic carbocycles. The molecule has 31 heavy (non-hydrogen) atoms. The standard InChI is InChI=1S/C22H27N3O5S/c1-3-30-21(29)17-14-31-13-12-23(17)18(26)9-11-24-20(28)15-6-4-5-7-16(15)25-19(27)8-10-22(24,25)2/h4-7,17H,3,8-14H2,1-2H3. The Morgan fingerprint density at radius 1 is 1.26 bits per heavy atom. The number of hydrogen-bond acceptors (Lipinski definition) is 6. The predicted octanol–water partition coefficient (Wildman–Crippen LogP) is 1.88. The van der Waals surface area contributed by atoms with E-state index in [1.54, 1.807) is 51.6 Å². The second kappa shape index (κ2) is 8.53. The Morgan fingerprint density at radius 2 is 2.03 bits per heavy atom. The molecule has 9 heteroatoms. The van der Waals surface area contributed by atoms with Crippen molar-refractivity contribution in [3.63, 3.8) is 0 Å². The first-order chi connectivity index (χ1) is 14.9. The van der Waals surface area contributed by atoms with Gasteiger partial charge in [-0.15, -0.1) is 0 Å². The highest BCUT2D eigenvalue weighted by atomic mass is 32.2. The zero-order chi connectivity index (χ0) is 22.2. The van der Waals surface area contributed by atoms with Crippen molar-refractivity contribution < 1.29 is 23.9 Å². The van der Waals surface area contributed by atoms with E-state index >= 15 is 0 Å². The van der Waals surface area contributed by atoms with Crippen molar-refractivity contribution in [3.05, 3.63) is 29.8 Å². The van der Waals surface area contributed by atoms with E-state index in [1.165, 1.54) is 0 Å². The Hall–Kier alpha value is -2.55. The molecular weight excluding hydrogens is 418 g/mol. The van der Waals surface area contributed by atoms with Crippen molar-refractivity contribution in [3.8, 4) is 0 Å². The molecule has 2 saturated heterocycles. The first-order valence-corrected chi connectivity index (χ1v) is 11.8. The van der Waals surface area contributed by atoms with E-state index in [-0.39, 0.29) is 43.3 Å². The minimum absolute atomic E-state index is 0.0193. The van der Waals surface area contributed by atoms with Crippen LogP contribution in [0.2, 0.25) is 0 Å². The molecule has 0 radical (unpaired) electrons. The minimum atomic E-state index is -0.791. The van der Waals surface area contributed by atoms with Crippen molar-refractivity contribution >= 4 is 41.1 Å². The zero-order valence-corrected chi connectivity index (χ0v) is 18.7. The fourth-order valence-corrected chi connectivity index (χ4v) is 5.76. The topological polar surface area (TPSA) is 87.2 Å². The van der Waals surface area contributed by atoms with Crippen molar-refractivity contribution in [1.29, 1.82) is 0 Å². The number of esters is 1. The van der Waals surface area contributed by atoms with Gasteiger partial charge in [0.2, 0.25) is 11.8 Å². The summed E-state index contributed by atoms with van der Waals surface area (Å²) in [6.45, 7) is 4.56. The van der Waals surface area contributed by atoms with Gasteiger partial charge in [0.05, 0.1) is 17.9 Å². The van der Waals surface area contributed by atoms with Gasteiger partial charge in [-0.25, -0.2) is 4.79 Å². The quantitative estimate of drug-likeness (QED) is 0.644. The molecule has 0 aliphatic carbocycles. The van der Waals surface area contributed by atoms with Crippen LogP contribution in [0.5, 0.6) is 0 Å². The Kier molecular flexibility index (Phi) is 5.96. The molecule has 3 heterocycles. The number of fused-ring (bicyclic) bond motifs is 3. The second-order valence-corrected chi connectivity index (χ2v) is 9.25. The number of anilines is 1. The first-order valence-electron chi connectivity index (χ1n) is 10.7. The Morgan fingerprint density at radius 3 is 2.81 bits per heavy atom. The molecule has 1 aromatic rings. The van der Waals surface area contributed by atoms with Gasteiger partial charge in [-0.2, -0.15) is 11.8 Å². The largest absolute Gasteiger partial charge is 0.464 e. The van der Waals surface area contributed by atoms with Gasteiger partial charge >= 0.3 is 5.97 Å². The molecule has 2 atom stereocenters. The molecule has 3 aliphatic heterocycles. The average molecular weight is 446 g/mol. The summed E-state index contributed by atoms with van der Waals surface area (Å²) >= 11 is 1.63. The molecule has 3 amide bonds. The fourth-order valence-electron chi connectivity index (χ4n) is 4.73. The van der Waals surface area contributed by atoms with Crippen LogP contribution < -0.4 is 4.90 Å². The number of rotatable bonds is 5. The van der Waals surface area contributed by atoms with Gasteiger partial charge in [0.1, 0.15) is 11.7 Å². The molecule has 0 spiro atoms. The SMILES string of the molecule is CCOC(=O)C1CSCCN1C(=O)CCN1C(=O)c2ccccc2N2C(=O)CCC12C. The normalized spacial score (nSPS) is 25.4. The number of hydrogen-bond donors (Lipinski definition) is 0. The molecule has 2 unspecified atom stereocenters. The van der Waals surface area contributed by atoms with Crippen LogP contribution in [-0.2, 0) is 19.1 Å². The monoisotopic (exact) mass is 445 g/mol. The van der Waals surface area contributed by atoms with Crippen molar-refractivity contribution in [2.45, 2.75) is 44.8 Å². The van der Waals surface area contributed by atoms with E-state index in [0.717, 1.165) is 5.75 Å². The molecule has 0 N–H and O–H groups in total. The molecule has 0 aromatic heterocycles. The van der Waals surface area contributed by atoms with Crippen LogP contribution in [0.4, 0.5) is 5.69 Å². The third-order valence-electron chi connectivity index (χ3n) is 6.30. The van der Waals surface area contributed by atoms with Crippen LogP contribution in [0.15, 0.2) is 24.3 Å². The molecular formula is C22H27N3O5S. The molecule has 4 rings (SSSR count). The highest BCUT2D eigenvalue weighted by Crippen LogP contribution is 2.44. The van der Waals surface area contributed by atoms with Gasteiger partial charge in [-0.1, -0.05) is 12.1 Å². The molecule has 0 saturated carbocycles. The highest BCUT2D eigenvalue weighted by molar-refractivity contribution is 7.99. The van der Waals surface area contributed by atoms with Gasteiger partial charge in [-0.05, 0) is 32.4 Å². The van der Waals surface area contributed by atoms with Crippen LogP contribution >= 0.6 is 11.8 Å². The van der Waals surface area contributed by atoms with Crippen LogP contribution in [-0.4, -0.2) is 76.4 Å². The summed E-state index contributed by atoms with van der Waals surface area (Å²) in [5.41, 5.74) is 0.318. The third-order valence-corrected chi connectivity index (χ3v) is 7.33. The van der Waals surface area contributed by atoms with Gasteiger partial charge in [0, 0.05) is 37.4 Å². The Bertz CT molecular complexity index is 922. The van der Waals surface area contributed by atoms with E-state index in [0.29, 0.717) is 36.4 Å². The number of carbonyl (C=O) groups excluding carboxylic acids is 4. The maximum absolute atomic E-state index is 13.3. The number of nitrogens with zero attached hydrogens (tertiary/aromatic N) is 3. The number of thioether (sulfide) groups is 1. The Labute approximate surface area is 185 Å². The van der Waals surface area contributed by atoms with E-state index in [4.69, 9.17) is 4.74 Å². The van der Waals surface area contributed by atoms with E-state index in [2.05, 4.69) is 0 Å². The summed E-state index contributed by atoms with van der Waals surface area (Å²) in [5, 5.41) is 0. The molecule has 166 valence electrons. The van der Waals surface area contributed by atoms with Crippen LogP contribution in [0, 0.1) is 0 Å². The first kappa shape index (κ1) is 21.7. The number of amides is 3. The lowest BCUT2D eigenvalue weighted by Gasteiger charge is -2.48. The molecule has 0 bridgehead atoms. The number of carbonyl (C=O) groups is 4. The summed E-state index contributed by atoms with van der Waals surface area (Å²) in [6, 6.07) is 6.52. The van der Waals surface area contributed by atoms with Gasteiger partial charge in [0.25, 0.3) is 5.91 Å². The lowest BCUT2D eigenvalue weighted by Crippen LogP contribution is -2.62. The van der Waals surface area contributed by atoms with Gasteiger partial charge in [-0.3, -0.25) is 19.3 Å². The molecule has 8 nitrogen and oxygen atoms in total. The summed E-state index contributed by atoms with van der Waals surface area (Å²) in [7, 11) is 0. The summed E-state index contributed by atoms with van der Waals surface area (Å²) < 4.78 is 5.14. The van der Waals surface area contributed by atoms with Gasteiger partial charge < -0.3 is 14.5 Å².